The van der Waals surface area contributed by atoms with Crippen LogP contribution in [0, 0.1) is 18.3 Å². The number of hydrogen-bond donors (Lipinski definition) is 10. The summed E-state index contributed by atoms with van der Waals surface area (Å²) in [5.41, 5.74) is 0.871. The summed E-state index contributed by atoms with van der Waals surface area (Å²) in [6.45, 7) is 10.2. The number of amides is 7. The maximum atomic E-state index is 14.5. The standard InChI is InChI=1S/C49H64N8O15/c1-27(2)20-34(44(67)54-33(22-31-25-50-26-72-31)41(65)47(70)51-24-29-13-8-7-9-14-29)56-48(71)42(49(4,5)6)57-46(69)35(21-30-15-11-10-12-28(30)3)55-43(66)32(16-18-38(59)60)53-45(68)36(23-40(63)64)52-37(58)17-19-39(61)62/h7-15,25-27,32-36,42H,16-24H2,1-6H3,(H,51,70)(H,52,58)(H,53,68)(H,54,67)(H,55,66)(H,56,71)(H,57,69)(H,59,60)(H,61,62)(H,63,64)/t32-,33?,34-,35-,36-,42+/m0/s1. The Hall–Kier alpha value is -7.98. The topological polar surface area (TPSA) is 359 Å². The Labute approximate surface area is 415 Å². The van der Waals surface area contributed by atoms with Crippen LogP contribution < -0.4 is 37.2 Å². The van der Waals surface area contributed by atoms with Gasteiger partial charge in [0.05, 0.1) is 19.0 Å². The number of aromatic nitrogens is 1. The summed E-state index contributed by atoms with van der Waals surface area (Å²) in [5, 5.41) is 45.3. The van der Waals surface area contributed by atoms with Crippen LogP contribution in [0.25, 0.3) is 0 Å². The van der Waals surface area contributed by atoms with E-state index in [1.54, 1.807) is 96.1 Å². The van der Waals surface area contributed by atoms with E-state index in [0.717, 1.165) is 6.39 Å². The van der Waals surface area contributed by atoms with Crippen molar-refractivity contribution in [3.63, 3.8) is 0 Å². The summed E-state index contributed by atoms with van der Waals surface area (Å²) in [4.78, 5) is 148. The summed E-state index contributed by atoms with van der Waals surface area (Å²) >= 11 is 0. The molecule has 3 rings (SSSR count). The number of rotatable bonds is 29. The van der Waals surface area contributed by atoms with Crippen molar-refractivity contribution in [1.82, 2.24) is 42.2 Å². The van der Waals surface area contributed by atoms with Gasteiger partial charge in [0.2, 0.25) is 41.2 Å². The fourth-order valence-electron chi connectivity index (χ4n) is 7.15. The second-order valence-corrected chi connectivity index (χ2v) is 18.6. The zero-order valence-electron chi connectivity index (χ0n) is 40.9. The van der Waals surface area contributed by atoms with Crippen LogP contribution in [0.1, 0.15) is 95.6 Å². The molecule has 0 aliphatic rings. The highest BCUT2D eigenvalue weighted by Crippen LogP contribution is 2.21. The summed E-state index contributed by atoms with van der Waals surface area (Å²) in [7, 11) is 0. The first-order chi connectivity index (χ1) is 33.8. The Morgan fingerprint density at radius 3 is 1.76 bits per heavy atom. The van der Waals surface area contributed by atoms with Crippen molar-refractivity contribution in [2.45, 2.75) is 136 Å². The Bertz CT molecular complexity index is 2400. The van der Waals surface area contributed by atoms with Crippen molar-refractivity contribution >= 4 is 65.0 Å². The van der Waals surface area contributed by atoms with Gasteiger partial charge in [-0.15, -0.1) is 0 Å². The highest BCUT2D eigenvalue weighted by atomic mass is 16.4. The van der Waals surface area contributed by atoms with Gasteiger partial charge >= 0.3 is 17.9 Å². The molecule has 0 aliphatic heterocycles. The lowest BCUT2D eigenvalue weighted by atomic mass is 9.85. The largest absolute Gasteiger partial charge is 0.481 e. The zero-order chi connectivity index (χ0) is 53.7. The third-order valence-corrected chi connectivity index (χ3v) is 11.0. The van der Waals surface area contributed by atoms with E-state index in [1.165, 1.54) is 6.20 Å². The lowest BCUT2D eigenvalue weighted by Gasteiger charge is -2.34. The fraction of sp³-hybridized carbons (Fsp3) is 0.469. The molecule has 390 valence electrons. The number of oxazole rings is 1. The minimum atomic E-state index is -1.83. The molecule has 23 nitrogen and oxygen atoms in total. The predicted molar refractivity (Wildman–Crippen MR) is 255 cm³/mol. The van der Waals surface area contributed by atoms with Crippen molar-refractivity contribution < 1.29 is 72.5 Å². The van der Waals surface area contributed by atoms with Gasteiger partial charge in [0, 0.05) is 32.2 Å². The van der Waals surface area contributed by atoms with Crippen LogP contribution in [0.4, 0.5) is 0 Å². The molecular formula is C49H64N8O15. The van der Waals surface area contributed by atoms with Crippen LogP contribution in [0.5, 0.6) is 0 Å². The molecule has 0 fully saturated rings. The minimum absolute atomic E-state index is 0.0203. The normalized spacial score (nSPS) is 13.7. The van der Waals surface area contributed by atoms with E-state index in [0.29, 0.717) is 16.7 Å². The molecular weight excluding hydrogens is 941 g/mol. The molecule has 0 saturated carbocycles. The SMILES string of the molecule is Cc1ccccc1C[C@H](NC(=O)[C@H](CCC(=O)O)NC(=O)[C@H](CC(=O)O)NC(=O)CCC(=O)O)C(=O)N[C@H](C(=O)N[C@@H](CC(C)C)C(=O)NC(Cc1cnco1)C(=O)C(=O)NCc1ccccc1)C(C)(C)C. The molecule has 10 N–H and O–H groups in total. The van der Waals surface area contributed by atoms with E-state index in [1.807, 2.05) is 0 Å². The smallest absolute Gasteiger partial charge is 0.305 e. The molecule has 1 unspecified atom stereocenters. The summed E-state index contributed by atoms with van der Waals surface area (Å²) in [6.07, 6.45) is -1.55. The minimum Gasteiger partial charge on any atom is -0.481 e. The molecule has 0 radical (unpaired) electrons. The maximum Gasteiger partial charge on any atom is 0.305 e. The Kier molecular flexibility index (Phi) is 22.7. The number of ketones is 1. The van der Waals surface area contributed by atoms with E-state index >= 15 is 0 Å². The first-order valence-corrected chi connectivity index (χ1v) is 23.1. The van der Waals surface area contributed by atoms with Crippen LogP contribution >= 0.6 is 0 Å². The average Bonchev–Trinajstić information content (AvgIpc) is 3.82. The molecule has 72 heavy (non-hydrogen) atoms. The van der Waals surface area contributed by atoms with Crippen LogP contribution in [0.2, 0.25) is 0 Å². The number of nitrogens with zero attached hydrogens (tertiary/aromatic N) is 1. The summed E-state index contributed by atoms with van der Waals surface area (Å²) in [5.74, 6) is -12.3. The Balaban J connectivity index is 1.93. The monoisotopic (exact) mass is 1000 g/mol. The molecule has 23 heteroatoms. The molecule has 2 aromatic carbocycles. The molecule has 0 spiro atoms. The zero-order valence-corrected chi connectivity index (χ0v) is 40.9. The van der Waals surface area contributed by atoms with Crippen molar-refractivity contribution in [2.75, 3.05) is 0 Å². The number of carboxylic acids is 3. The van der Waals surface area contributed by atoms with E-state index in [-0.39, 0.29) is 37.5 Å². The number of carbonyl (C=O) groups is 11. The highest BCUT2D eigenvalue weighted by molar-refractivity contribution is 6.38. The number of carbonyl (C=O) groups excluding carboxylic acids is 8. The number of carboxylic acid groups (broad SMARTS) is 3. The molecule has 0 saturated heterocycles. The first-order valence-electron chi connectivity index (χ1n) is 23.1. The lowest BCUT2D eigenvalue weighted by molar-refractivity contribution is -0.142. The van der Waals surface area contributed by atoms with Crippen molar-refractivity contribution in [3.05, 3.63) is 89.6 Å². The number of nitrogens with one attached hydrogen (secondary N) is 7. The number of benzene rings is 2. The van der Waals surface area contributed by atoms with Crippen LogP contribution in [0.15, 0.2) is 71.6 Å². The van der Waals surface area contributed by atoms with Crippen LogP contribution in [-0.4, -0.2) is 122 Å². The van der Waals surface area contributed by atoms with Crippen molar-refractivity contribution in [2.24, 2.45) is 11.3 Å². The number of hydrogen-bond acceptors (Lipinski definition) is 13. The fourth-order valence-corrected chi connectivity index (χ4v) is 7.15. The first kappa shape index (κ1) is 58.3. The summed E-state index contributed by atoms with van der Waals surface area (Å²) in [6, 6.07) is 6.30. The molecule has 1 aromatic heterocycles. The molecule has 1 heterocycles. The molecule has 0 bridgehead atoms. The van der Waals surface area contributed by atoms with Crippen molar-refractivity contribution in [1.29, 1.82) is 0 Å². The number of aryl methyl sites for hydroxylation is 1. The van der Waals surface area contributed by atoms with Gasteiger partial charge in [-0.1, -0.05) is 89.2 Å². The van der Waals surface area contributed by atoms with Gasteiger partial charge in [0.25, 0.3) is 5.91 Å². The van der Waals surface area contributed by atoms with Crippen molar-refractivity contribution in [3.8, 4) is 0 Å². The second kappa shape index (κ2) is 28.0. The van der Waals surface area contributed by atoms with E-state index in [4.69, 9.17) is 9.52 Å². The van der Waals surface area contributed by atoms with Gasteiger partial charge in [0.1, 0.15) is 42.0 Å². The average molecular weight is 1010 g/mol. The number of Topliss-reactive ketones (excluding diaryl/α,β-unsaturated/α-hetero) is 1. The number of aliphatic carboxylic acids is 3. The summed E-state index contributed by atoms with van der Waals surface area (Å²) < 4.78 is 5.31. The van der Waals surface area contributed by atoms with Gasteiger partial charge in [-0.3, -0.25) is 52.7 Å². The Morgan fingerprint density at radius 1 is 0.611 bits per heavy atom. The third-order valence-electron chi connectivity index (χ3n) is 11.0. The van der Waals surface area contributed by atoms with E-state index in [9.17, 15) is 63.0 Å². The molecule has 0 aliphatic carbocycles. The van der Waals surface area contributed by atoms with Crippen LogP contribution in [-0.2, 0) is 72.1 Å². The predicted octanol–water partition coefficient (Wildman–Crippen LogP) is 0.859. The van der Waals surface area contributed by atoms with Gasteiger partial charge in [-0.25, -0.2) is 4.98 Å². The second-order valence-electron chi connectivity index (χ2n) is 18.6. The van der Waals surface area contributed by atoms with Gasteiger partial charge in [0.15, 0.2) is 6.39 Å². The van der Waals surface area contributed by atoms with Gasteiger partial charge in [-0.2, -0.15) is 0 Å². The quantitative estimate of drug-likeness (QED) is 0.0431. The molecule has 6 atom stereocenters. The highest BCUT2D eigenvalue weighted by Gasteiger charge is 2.39. The van der Waals surface area contributed by atoms with Gasteiger partial charge in [-0.05, 0) is 47.8 Å². The van der Waals surface area contributed by atoms with Gasteiger partial charge < -0.3 is 57.0 Å². The lowest BCUT2D eigenvalue weighted by Crippen LogP contribution is -2.62. The maximum absolute atomic E-state index is 14.5. The Morgan fingerprint density at radius 2 is 1.18 bits per heavy atom. The third kappa shape index (κ3) is 20.2. The molecule has 7 amide bonds. The van der Waals surface area contributed by atoms with Crippen LogP contribution in [0.3, 0.4) is 0 Å². The van der Waals surface area contributed by atoms with E-state index in [2.05, 4.69) is 42.2 Å². The molecule has 3 aromatic rings. The van der Waals surface area contributed by atoms with E-state index < -0.39 is 139 Å².